The molecule has 9 nitrogen and oxygen atoms in total. The first kappa shape index (κ1) is 26.6. The number of hydrogen-bond donors (Lipinski definition) is 3. The first-order valence-electron chi connectivity index (χ1n) is 12.1. The normalized spacial score (nSPS) is 16.5. The number of rotatable bonds is 10. The fourth-order valence-corrected chi connectivity index (χ4v) is 4.31. The zero-order valence-corrected chi connectivity index (χ0v) is 20.3. The number of alkyl halides is 1. The fourth-order valence-electron chi connectivity index (χ4n) is 4.31. The van der Waals surface area contributed by atoms with Crippen molar-refractivity contribution in [1.82, 2.24) is 20.5 Å². The van der Waals surface area contributed by atoms with Crippen molar-refractivity contribution in [3.8, 4) is 11.4 Å². The molecule has 0 spiro atoms. The van der Waals surface area contributed by atoms with Crippen LogP contribution >= 0.6 is 0 Å². The fraction of sp³-hybridized carbons (Fsp3) is 0.560. The van der Waals surface area contributed by atoms with Crippen LogP contribution in [0.2, 0.25) is 0 Å². The van der Waals surface area contributed by atoms with E-state index in [1.165, 1.54) is 0 Å². The van der Waals surface area contributed by atoms with Crippen LogP contribution in [0.3, 0.4) is 0 Å². The Labute approximate surface area is 204 Å². The highest BCUT2D eigenvalue weighted by Crippen LogP contribution is 2.32. The van der Waals surface area contributed by atoms with Crippen LogP contribution < -0.4 is 10.6 Å². The van der Waals surface area contributed by atoms with E-state index in [1.807, 2.05) is 0 Å². The molecule has 3 N–H and O–H groups in total. The van der Waals surface area contributed by atoms with Crippen LogP contribution in [0.1, 0.15) is 68.4 Å². The van der Waals surface area contributed by atoms with Gasteiger partial charge in [-0.15, -0.1) is 5.10 Å². The SMILES string of the molecule is CNC(=O)CCCC(=O)Nc1ccc(-c2nnc(C(C)O)c3c2CCC(OCC[18F])CCC3)nc1. The second kappa shape index (κ2) is 13.2. The van der Waals surface area contributed by atoms with Crippen LogP contribution in [0.15, 0.2) is 18.3 Å². The molecule has 190 valence electrons. The van der Waals surface area contributed by atoms with Crippen molar-refractivity contribution in [2.45, 2.75) is 70.5 Å². The predicted molar refractivity (Wildman–Crippen MR) is 129 cm³/mol. The molecule has 0 saturated heterocycles. The average molecular weight is 487 g/mol. The van der Waals surface area contributed by atoms with Crippen molar-refractivity contribution in [3.63, 3.8) is 0 Å². The lowest BCUT2D eigenvalue weighted by Crippen LogP contribution is -2.21. The molecule has 35 heavy (non-hydrogen) atoms. The molecule has 0 radical (unpaired) electrons. The lowest BCUT2D eigenvalue weighted by atomic mass is 9.88. The Kier molecular flexibility index (Phi) is 10.0. The van der Waals surface area contributed by atoms with Gasteiger partial charge in [-0.3, -0.25) is 14.6 Å². The van der Waals surface area contributed by atoms with Gasteiger partial charge in [0, 0.05) is 19.9 Å². The minimum atomic E-state index is -0.739. The van der Waals surface area contributed by atoms with Crippen LogP contribution in [0.25, 0.3) is 11.4 Å². The standard InChI is InChI=1S/C25H34FN5O4/c1-16(32)24-19-6-3-5-18(35-14-13-26)10-11-20(19)25(31-30-24)21-12-9-17(15-28-21)29-23(34)8-4-7-22(33)27-2/h9,12,15-16,18,32H,3-8,10-11,13-14H2,1-2H3,(H,27,33)(H,29,34)/i26-1. The van der Waals surface area contributed by atoms with Gasteiger partial charge in [0.05, 0.1) is 42.1 Å². The average Bonchev–Trinajstić information content (AvgIpc) is 2.83. The number of fused-ring (bicyclic) bond motifs is 1. The number of aliphatic hydroxyl groups is 1. The summed E-state index contributed by atoms with van der Waals surface area (Å²) in [6, 6.07) is 3.54. The summed E-state index contributed by atoms with van der Waals surface area (Å²) in [6.07, 6.45) is 5.56. The summed E-state index contributed by atoms with van der Waals surface area (Å²) in [6.45, 7) is 1.27. The number of ether oxygens (including phenoxy) is 1. The number of carbonyl (C=O) groups excluding carboxylic acids is 2. The van der Waals surface area contributed by atoms with Gasteiger partial charge in [0.25, 0.3) is 0 Å². The van der Waals surface area contributed by atoms with Crippen molar-refractivity contribution in [1.29, 1.82) is 0 Å². The van der Waals surface area contributed by atoms with E-state index in [9.17, 15) is 19.1 Å². The van der Waals surface area contributed by atoms with E-state index in [4.69, 9.17) is 4.74 Å². The van der Waals surface area contributed by atoms with Crippen molar-refractivity contribution in [3.05, 3.63) is 35.2 Å². The molecule has 0 aromatic carbocycles. The molecule has 2 amide bonds. The highest BCUT2D eigenvalue weighted by atomic mass is 18.2. The molecular weight excluding hydrogens is 452 g/mol. The lowest BCUT2D eigenvalue weighted by Gasteiger charge is -2.24. The molecule has 2 aromatic rings. The Morgan fingerprint density at radius 2 is 1.97 bits per heavy atom. The maximum Gasteiger partial charge on any atom is 0.224 e. The van der Waals surface area contributed by atoms with Crippen LogP contribution in [0.4, 0.5) is 10.1 Å². The molecule has 0 saturated carbocycles. The molecule has 2 unspecified atom stereocenters. The van der Waals surface area contributed by atoms with Gasteiger partial charge in [-0.2, -0.15) is 5.10 Å². The summed E-state index contributed by atoms with van der Waals surface area (Å²) in [7, 11) is 1.57. The number of nitrogens with zero attached hydrogens (tertiary/aromatic N) is 3. The Morgan fingerprint density at radius 3 is 2.66 bits per heavy atom. The third-order valence-electron chi connectivity index (χ3n) is 6.09. The molecule has 0 aliphatic heterocycles. The van der Waals surface area contributed by atoms with Gasteiger partial charge in [0.2, 0.25) is 11.8 Å². The number of aliphatic hydroxyl groups excluding tert-OH is 1. The van der Waals surface area contributed by atoms with Crippen molar-refractivity contribution in [2.75, 3.05) is 25.6 Å². The van der Waals surface area contributed by atoms with E-state index < -0.39 is 12.8 Å². The number of nitrogens with one attached hydrogen (secondary N) is 2. The van der Waals surface area contributed by atoms with E-state index in [1.54, 1.807) is 32.3 Å². The van der Waals surface area contributed by atoms with Crippen LogP contribution in [-0.4, -0.2) is 58.5 Å². The van der Waals surface area contributed by atoms with Crippen LogP contribution in [0, 0.1) is 0 Å². The summed E-state index contributed by atoms with van der Waals surface area (Å²) in [5, 5.41) is 24.3. The number of carbonyl (C=O) groups is 2. The van der Waals surface area contributed by atoms with E-state index in [-0.39, 0.29) is 30.9 Å². The van der Waals surface area contributed by atoms with Crippen molar-refractivity contribution in [2.24, 2.45) is 0 Å². The summed E-state index contributed by atoms with van der Waals surface area (Å²) in [5.41, 5.74) is 4.35. The zero-order chi connectivity index (χ0) is 25.2. The number of pyridine rings is 1. The largest absolute Gasteiger partial charge is 0.387 e. The number of anilines is 1. The second-order valence-corrected chi connectivity index (χ2v) is 8.69. The first-order valence-corrected chi connectivity index (χ1v) is 12.1. The molecule has 2 atom stereocenters. The number of aromatic nitrogens is 3. The molecule has 1 aliphatic rings. The van der Waals surface area contributed by atoms with Crippen LogP contribution in [-0.2, 0) is 27.2 Å². The molecule has 10 heteroatoms. The van der Waals surface area contributed by atoms with Gasteiger partial charge >= 0.3 is 0 Å². The van der Waals surface area contributed by atoms with Crippen molar-refractivity contribution >= 4 is 17.5 Å². The Balaban J connectivity index is 1.77. The van der Waals surface area contributed by atoms with Gasteiger partial charge in [0.1, 0.15) is 12.4 Å². The minimum Gasteiger partial charge on any atom is -0.387 e. The minimum absolute atomic E-state index is 0.0242. The molecular formula is C25H34FN5O4. The van der Waals surface area contributed by atoms with E-state index in [0.717, 1.165) is 36.8 Å². The van der Waals surface area contributed by atoms with Gasteiger partial charge in [-0.1, -0.05) is 0 Å². The lowest BCUT2D eigenvalue weighted by molar-refractivity contribution is -0.120. The highest BCUT2D eigenvalue weighted by molar-refractivity contribution is 5.91. The molecule has 0 fully saturated rings. The number of amides is 2. The molecule has 2 aromatic heterocycles. The quantitative estimate of drug-likeness (QED) is 0.471. The van der Waals surface area contributed by atoms with Crippen LogP contribution in [0.5, 0.6) is 0 Å². The van der Waals surface area contributed by atoms with Gasteiger partial charge in [-0.25, -0.2) is 4.39 Å². The van der Waals surface area contributed by atoms with E-state index >= 15 is 0 Å². The maximum atomic E-state index is 12.6. The summed E-state index contributed by atoms with van der Waals surface area (Å²) < 4.78 is 18.3. The Bertz CT molecular complexity index is 1000. The maximum absolute atomic E-state index is 12.6. The monoisotopic (exact) mass is 486 g/mol. The third kappa shape index (κ3) is 7.50. The van der Waals surface area contributed by atoms with E-state index in [2.05, 4.69) is 25.8 Å². The third-order valence-corrected chi connectivity index (χ3v) is 6.09. The smallest absolute Gasteiger partial charge is 0.224 e. The predicted octanol–water partition coefficient (Wildman–Crippen LogP) is 3.07. The summed E-state index contributed by atoms with van der Waals surface area (Å²) in [5.74, 6) is -0.282. The molecule has 2 heterocycles. The zero-order valence-electron chi connectivity index (χ0n) is 20.3. The van der Waals surface area contributed by atoms with Gasteiger partial charge in [0.15, 0.2) is 0 Å². The number of hydrogen-bond acceptors (Lipinski definition) is 7. The highest BCUT2D eigenvalue weighted by Gasteiger charge is 2.24. The van der Waals surface area contributed by atoms with E-state index in [0.29, 0.717) is 42.0 Å². The number of halogens is 1. The molecule has 3 rings (SSSR count). The second-order valence-electron chi connectivity index (χ2n) is 8.69. The van der Waals surface area contributed by atoms with Crippen molar-refractivity contribution < 1.29 is 23.8 Å². The summed E-state index contributed by atoms with van der Waals surface area (Å²) >= 11 is 0. The van der Waals surface area contributed by atoms with Gasteiger partial charge < -0.3 is 20.5 Å². The topological polar surface area (TPSA) is 126 Å². The first-order chi connectivity index (χ1) is 16.9. The molecule has 1 aliphatic carbocycles. The Hall–Kier alpha value is -2.98. The van der Waals surface area contributed by atoms with Gasteiger partial charge in [-0.05, 0) is 68.7 Å². The summed E-state index contributed by atoms with van der Waals surface area (Å²) in [4.78, 5) is 27.9. The Morgan fingerprint density at radius 1 is 1.17 bits per heavy atom. The molecule has 0 bridgehead atoms.